The molecule has 0 fully saturated rings. The number of hydrogen-bond acceptors (Lipinski definition) is 3. The van der Waals surface area contributed by atoms with E-state index in [1.807, 2.05) is 0 Å². The van der Waals surface area contributed by atoms with Gasteiger partial charge in [0.05, 0.1) is 12.1 Å². The van der Waals surface area contributed by atoms with Gasteiger partial charge < -0.3 is 5.11 Å². The Morgan fingerprint density at radius 1 is 0.957 bits per heavy atom. The van der Waals surface area contributed by atoms with Gasteiger partial charge >= 0.3 is 0 Å². The second-order valence-electron chi connectivity index (χ2n) is 6.26. The van der Waals surface area contributed by atoms with E-state index in [1.54, 1.807) is 9.36 Å². The molecule has 1 aromatic rings. The van der Waals surface area contributed by atoms with Crippen LogP contribution in [-0.4, -0.2) is 20.8 Å². The molecule has 0 aromatic carbocycles. The molecule has 2 atom stereocenters. The Kier molecular flexibility index (Phi) is 8.13. The largest absolute Gasteiger partial charge is 0.493 e. The number of unbranched alkanes of at least 4 members (excludes halogenated alkanes) is 2. The number of rotatable bonds is 11. The van der Waals surface area contributed by atoms with Gasteiger partial charge in [0.15, 0.2) is 6.29 Å². The minimum absolute atomic E-state index is 0.0257. The van der Waals surface area contributed by atoms with E-state index >= 15 is 0 Å². The smallest absolute Gasteiger partial charge is 0.281 e. The Morgan fingerprint density at radius 3 is 1.83 bits per heavy atom. The van der Waals surface area contributed by atoms with Crippen molar-refractivity contribution in [2.24, 2.45) is 0 Å². The fourth-order valence-corrected chi connectivity index (χ4v) is 3.21. The van der Waals surface area contributed by atoms with Crippen molar-refractivity contribution in [2.45, 2.75) is 91.1 Å². The normalized spacial score (nSPS) is 13.9. The molecule has 0 radical (unpaired) electrons. The van der Waals surface area contributed by atoms with Crippen molar-refractivity contribution in [3.05, 3.63) is 15.9 Å². The van der Waals surface area contributed by atoms with Crippen molar-refractivity contribution < 1.29 is 9.90 Å². The van der Waals surface area contributed by atoms with E-state index in [4.69, 9.17) is 0 Å². The predicted molar refractivity (Wildman–Crippen MR) is 93.5 cm³/mol. The van der Waals surface area contributed by atoms with Crippen molar-refractivity contribution >= 4 is 6.29 Å². The molecule has 5 heteroatoms. The Bertz CT molecular complexity index is 545. The summed E-state index contributed by atoms with van der Waals surface area (Å²) in [6.07, 6.45) is 8.10. The van der Waals surface area contributed by atoms with Crippen LogP contribution in [0.2, 0.25) is 0 Å². The third kappa shape index (κ3) is 4.27. The highest BCUT2D eigenvalue weighted by molar-refractivity contribution is 5.77. The highest BCUT2D eigenvalue weighted by atomic mass is 16.3. The summed E-state index contributed by atoms with van der Waals surface area (Å²) in [6.45, 7) is 8.36. The maximum absolute atomic E-state index is 12.7. The van der Waals surface area contributed by atoms with Gasteiger partial charge in [0.2, 0.25) is 5.88 Å². The highest BCUT2D eigenvalue weighted by Crippen LogP contribution is 2.29. The minimum atomic E-state index is -0.351. The van der Waals surface area contributed by atoms with Gasteiger partial charge in [-0.2, -0.15) is 0 Å². The van der Waals surface area contributed by atoms with Gasteiger partial charge in [-0.1, -0.05) is 53.4 Å². The van der Waals surface area contributed by atoms with Crippen molar-refractivity contribution in [3.63, 3.8) is 0 Å². The van der Waals surface area contributed by atoms with Crippen LogP contribution in [-0.2, 0) is 0 Å². The summed E-state index contributed by atoms with van der Waals surface area (Å²) < 4.78 is 3.35. The molecule has 0 bridgehead atoms. The summed E-state index contributed by atoms with van der Waals surface area (Å²) in [5.41, 5.74) is -0.453. The Balaban J connectivity index is 3.40. The Morgan fingerprint density at radius 2 is 1.43 bits per heavy atom. The van der Waals surface area contributed by atoms with Crippen LogP contribution in [0.3, 0.4) is 0 Å². The molecule has 23 heavy (non-hydrogen) atoms. The van der Waals surface area contributed by atoms with Gasteiger partial charge in [-0.15, -0.1) is 0 Å². The summed E-state index contributed by atoms with van der Waals surface area (Å²) >= 11 is 0. The summed E-state index contributed by atoms with van der Waals surface area (Å²) in [5.74, 6) is -0.164. The second kappa shape index (κ2) is 9.58. The van der Waals surface area contributed by atoms with E-state index in [-0.39, 0.29) is 29.1 Å². The number of aromatic hydroxyl groups is 1. The van der Waals surface area contributed by atoms with Crippen LogP contribution in [0.1, 0.15) is 102 Å². The van der Waals surface area contributed by atoms with Gasteiger partial charge in [-0.3, -0.25) is 9.59 Å². The molecule has 0 aliphatic rings. The predicted octanol–water partition coefficient (Wildman–Crippen LogP) is 4.45. The van der Waals surface area contributed by atoms with E-state index in [0.29, 0.717) is 6.29 Å². The lowest BCUT2D eigenvalue weighted by atomic mass is 10.1. The standard InChI is InChI=1S/C18H32N2O3/c1-5-9-11-14(7-3)19-17(22)16(13-21)18(23)20(19)15(8-4)12-10-6-2/h13-15,22H,5-12H2,1-4H3. The average molecular weight is 324 g/mol. The van der Waals surface area contributed by atoms with Crippen LogP contribution in [0, 0.1) is 0 Å². The van der Waals surface area contributed by atoms with Crippen molar-refractivity contribution in [3.8, 4) is 5.88 Å². The monoisotopic (exact) mass is 324 g/mol. The molecule has 1 aromatic heterocycles. The molecule has 1 heterocycles. The molecular weight excluding hydrogens is 292 g/mol. The second-order valence-corrected chi connectivity index (χ2v) is 6.26. The summed E-state index contributed by atoms with van der Waals surface area (Å²) in [5, 5.41) is 10.5. The van der Waals surface area contributed by atoms with Crippen LogP contribution in [0.15, 0.2) is 4.79 Å². The molecule has 0 saturated heterocycles. The minimum Gasteiger partial charge on any atom is -0.493 e. The van der Waals surface area contributed by atoms with Crippen LogP contribution >= 0.6 is 0 Å². The summed E-state index contributed by atoms with van der Waals surface area (Å²) in [7, 11) is 0. The number of aromatic nitrogens is 2. The number of carbonyl (C=O) groups excluding carboxylic acids is 1. The first-order valence-corrected chi connectivity index (χ1v) is 9.08. The maximum Gasteiger partial charge on any atom is 0.281 e. The van der Waals surface area contributed by atoms with Crippen LogP contribution in [0.5, 0.6) is 5.88 Å². The number of hydrogen-bond donors (Lipinski definition) is 1. The SMILES string of the molecule is CCCCC(CC)n1c(O)c(C=O)c(=O)n1C(CC)CCCC. The zero-order valence-corrected chi connectivity index (χ0v) is 15.0. The molecule has 0 aliphatic carbocycles. The van der Waals surface area contributed by atoms with E-state index < -0.39 is 0 Å². The van der Waals surface area contributed by atoms with Crippen LogP contribution in [0.25, 0.3) is 0 Å². The molecule has 0 aliphatic heterocycles. The van der Waals surface area contributed by atoms with E-state index in [0.717, 1.165) is 51.4 Å². The molecule has 0 spiro atoms. The highest BCUT2D eigenvalue weighted by Gasteiger charge is 2.27. The fraction of sp³-hybridized carbons (Fsp3) is 0.778. The molecule has 1 rings (SSSR count). The molecule has 2 unspecified atom stereocenters. The molecule has 0 amide bonds. The average Bonchev–Trinajstić information content (AvgIpc) is 2.80. The quantitative estimate of drug-likeness (QED) is 0.612. The lowest BCUT2D eigenvalue weighted by molar-refractivity contribution is 0.111. The van der Waals surface area contributed by atoms with Crippen LogP contribution in [0.4, 0.5) is 0 Å². The van der Waals surface area contributed by atoms with Gasteiger partial charge in [-0.25, -0.2) is 9.36 Å². The first kappa shape index (κ1) is 19.5. The van der Waals surface area contributed by atoms with E-state index in [9.17, 15) is 14.7 Å². The topological polar surface area (TPSA) is 64.2 Å². The van der Waals surface area contributed by atoms with Gasteiger partial charge in [-0.05, 0) is 25.7 Å². The Hall–Kier alpha value is -1.52. The maximum atomic E-state index is 12.7. The van der Waals surface area contributed by atoms with E-state index in [2.05, 4.69) is 27.7 Å². The summed E-state index contributed by atoms with van der Waals surface area (Å²) in [6, 6.07) is 0.0738. The lowest BCUT2D eigenvalue weighted by Gasteiger charge is -2.26. The van der Waals surface area contributed by atoms with E-state index in [1.165, 1.54) is 0 Å². The first-order valence-electron chi connectivity index (χ1n) is 9.08. The van der Waals surface area contributed by atoms with Crippen molar-refractivity contribution in [1.29, 1.82) is 0 Å². The number of aldehydes is 1. The third-order valence-corrected chi connectivity index (χ3v) is 4.66. The summed E-state index contributed by atoms with van der Waals surface area (Å²) in [4.78, 5) is 23.9. The molecular formula is C18H32N2O3. The molecule has 1 N–H and O–H groups in total. The fourth-order valence-electron chi connectivity index (χ4n) is 3.21. The van der Waals surface area contributed by atoms with Gasteiger partial charge in [0.1, 0.15) is 5.56 Å². The van der Waals surface area contributed by atoms with Gasteiger partial charge in [0, 0.05) is 0 Å². The van der Waals surface area contributed by atoms with Crippen molar-refractivity contribution in [1.82, 2.24) is 9.36 Å². The zero-order chi connectivity index (χ0) is 17.4. The number of nitrogens with zero attached hydrogens (tertiary/aromatic N) is 2. The Labute approximate surface area is 139 Å². The first-order chi connectivity index (χ1) is 11.1. The number of carbonyl (C=O) groups is 1. The lowest BCUT2D eigenvalue weighted by Crippen LogP contribution is -2.30. The molecule has 5 nitrogen and oxygen atoms in total. The molecule has 132 valence electrons. The van der Waals surface area contributed by atoms with Gasteiger partial charge in [0.25, 0.3) is 5.56 Å². The zero-order valence-electron chi connectivity index (χ0n) is 15.0. The van der Waals surface area contributed by atoms with Crippen LogP contribution < -0.4 is 5.56 Å². The molecule has 0 saturated carbocycles. The van der Waals surface area contributed by atoms with Crippen molar-refractivity contribution in [2.75, 3.05) is 0 Å². The third-order valence-electron chi connectivity index (χ3n) is 4.66.